The molecule has 5 heteroatoms. The Morgan fingerprint density at radius 3 is 2.83 bits per heavy atom. The van der Waals surface area contributed by atoms with Crippen molar-refractivity contribution in [2.45, 2.75) is 25.5 Å². The zero-order valence-corrected chi connectivity index (χ0v) is 10.4. The van der Waals surface area contributed by atoms with Crippen LogP contribution in [0.25, 0.3) is 0 Å². The second kappa shape index (κ2) is 4.91. The SMILES string of the molecule is CC(O)(CN)CN1CCc2ccc(F)c(F)c2C1. The lowest BCUT2D eigenvalue weighted by Crippen LogP contribution is -2.47. The quantitative estimate of drug-likeness (QED) is 0.849. The molecule has 1 heterocycles. The largest absolute Gasteiger partial charge is 0.388 e. The molecule has 2 rings (SSSR count). The van der Waals surface area contributed by atoms with E-state index in [-0.39, 0.29) is 6.54 Å². The number of aliphatic hydroxyl groups is 1. The standard InChI is InChI=1S/C13H18F2N2O/c1-13(18,7-16)8-17-5-4-9-2-3-11(14)12(15)10(9)6-17/h2-3,18H,4-8,16H2,1H3. The Balaban J connectivity index is 2.17. The molecule has 0 spiro atoms. The Morgan fingerprint density at radius 1 is 1.44 bits per heavy atom. The summed E-state index contributed by atoms with van der Waals surface area (Å²) in [7, 11) is 0. The van der Waals surface area contributed by atoms with Gasteiger partial charge in [-0.25, -0.2) is 8.78 Å². The highest BCUT2D eigenvalue weighted by Gasteiger charge is 2.27. The summed E-state index contributed by atoms with van der Waals surface area (Å²) < 4.78 is 26.9. The van der Waals surface area contributed by atoms with Gasteiger partial charge in [0, 0.05) is 31.7 Å². The van der Waals surface area contributed by atoms with Crippen molar-refractivity contribution in [3.8, 4) is 0 Å². The maximum Gasteiger partial charge on any atom is 0.163 e. The molecule has 3 nitrogen and oxygen atoms in total. The molecular weight excluding hydrogens is 238 g/mol. The second-order valence-corrected chi connectivity index (χ2v) is 5.16. The van der Waals surface area contributed by atoms with Gasteiger partial charge in [-0.2, -0.15) is 0 Å². The highest BCUT2D eigenvalue weighted by molar-refractivity contribution is 5.31. The van der Waals surface area contributed by atoms with Crippen molar-refractivity contribution >= 4 is 0 Å². The Kier molecular flexibility index (Phi) is 3.66. The number of nitrogens with zero attached hydrogens (tertiary/aromatic N) is 1. The third-order valence-electron chi connectivity index (χ3n) is 3.38. The van der Waals surface area contributed by atoms with Gasteiger partial charge in [0.05, 0.1) is 5.60 Å². The van der Waals surface area contributed by atoms with Crippen molar-refractivity contribution in [3.63, 3.8) is 0 Å². The highest BCUT2D eigenvalue weighted by Crippen LogP contribution is 2.24. The molecule has 0 radical (unpaired) electrons. The minimum Gasteiger partial charge on any atom is -0.388 e. The lowest BCUT2D eigenvalue weighted by atomic mass is 9.97. The van der Waals surface area contributed by atoms with Crippen LogP contribution in [0.15, 0.2) is 12.1 Å². The molecule has 0 aromatic heterocycles. The fourth-order valence-electron chi connectivity index (χ4n) is 2.30. The van der Waals surface area contributed by atoms with Crippen LogP contribution in [0.3, 0.4) is 0 Å². The van der Waals surface area contributed by atoms with Crippen molar-refractivity contribution in [2.24, 2.45) is 5.73 Å². The Bertz CT molecular complexity index is 449. The Labute approximate surface area is 105 Å². The molecular formula is C13H18F2N2O. The van der Waals surface area contributed by atoms with Crippen molar-refractivity contribution in [1.29, 1.82) is 0 Å². The Hall–Kier alpha value is -1.04. The summed E-state index contributed by atoms with van der Waals surface area (Å²) in [5.74, 6) is -1.59. The van der Waals surface area contributed by atoms with E-state index < -0.39 is 17.2 Å². The van der Waals surface area contributed by atoms with E-state index in [4.69, 9.17) is 5.73 Å². The highest BCUT2D eigenvalue weighted by atomic mass is 19.2. The molecule has 1 aromatic rings. The molecule has 18 heavy (non-hydrogen) atoms. The third kappa shape index (κ3) is 2.68. The van der Waals surface area contributed by atoms with Crippen molar-refractivity contribution in [3.05, 3.63) is 34.9 Å². The average Bonchev–Trinajstić information content (AvgIpc) is 2.34. The smallest absolute Gasteiger partial charge is 0.163 e. The number of hydrogen-bond acceptors (Lipinski definition) is 3. The Morgan fingerprint density at radius 2 is 2.17 bits per heavy atom. The first-order chi connectivity index (χ1) is 8.43. The van der Waals surface area contributed by atoms with Gasteiger partial charge in [-0.05, 0) is 25.0 Å². The predicted molar refractivity (Wildman–Crippen MR) is 65.0 cm³/mol. The van der Waals surface area contributed by atoms with E-state index in [1.54, 1.807) is 13.0 Å². The van der Waals surface area contributed by atoms with E-state index in [1.807, 2.05) is 4.90 Å². The zero-order valence-electron chi connectivity index (χ0n) is 10.4. The number of halogens is 2. The van der Waals surface area contributed by atoms with Crippen molar-refractivity contribution < 1.29 is 13.9 Å². The fourth-order valence-corrected chi connectivity index (χ4v) is 2.30. The maximum absolute atomic E-state index is 13.7. The average molecular weight is 256 g/mol. The number of fused-ring (bicyclic) bond motifs is 1. The number of hydrogen-bond donors (Lipinski definition) is 2. The van der Waals surface area contributed by atoms with E-state index in [9.17, 15) is 13.9 Å². The molecule has 0 fully saturated rings. The summed E-state index contributed by atoms with van der Waals surface area (Å²) in [6, 6.07) is 2.80. The van der Waals surface area contributed by atoms with Crippen LogP contribution in [-0.4, -0.2) is 35.2 Å². The van der Waals surface area contributed by atoms with Crippen LogP contribution in [0.1, 0.15) is 18.1 Å². The molecule has 1 unspecified atom stereocenters. The molecule has 1 aromatic carbocycles. The first-order valence-corrected chi connectivity index (χ1v) is 6.03. The summed E-state index contributed by atoms with van der Waals surface area (Å²) in [5, 5.41) is 9.91. The van der Waals surface area contributed by atoms with Gasteiger partial charge in [-0.15, -0.1) is 0 Å². The van der Waals surface area contributed by atoms with E-state index in [0.29, 0.717) is 31.6 Å². The van der Waals surface area contributed by atoms with Gasteiger partial charge in [0.1, 0.15) is 0 Å². The van der Waals surface area contributed by atoms with E-state index in [2.05, 4.69) is 0 Å². The second-order valence-electron chi connectivity index (χ2n) is 5.16. The number of nitrogens with two attached hydrogens (primary N) is 1. The van der Waals surface area contributed by atoms with Crippen LogP contribution in [0.4, 0.5) is 8.78 Å². The van der Waals surface area contributed by atoms with Gasteiger partial charge in [0.15, 0.2) is 11.6 Å². The van der Waals surface area contributed by atoms with Gasteiger partial charge in [0.2, 0.25) is 0 Å². The normalized spacial score (nSPS) is 19.4. The van der Waals surface area contributed by atoms with Gasteiger partial charge in [0.25, 0.3) is 0 Å². The molecule has 1 aliphatic heterocycles. The first kappa shape index (κ1) is 13.4. The fraction of sp³-hybridized carbons (Fsp3) is 0.538. The molecule has 0 saturated carbocycles. The molecule has 0 aliphatic carbocycles. The van der Waals surface area contributed by atoms with Crippen LogP contribution in [-0.2, 0) is 13.0 Å². The summed E-state index contributed by atoms with van der Waals surface area (Å²) >= 11 is 0. The molecule has 0 saturated heterocycles. The summed E-state index contributed by atoms with van der Waals surface area (Å²) in [6.07, 6.45) is 0.660. The minimum atomic E-state index is -0.999. The number of β-amino-alcohol motifs (C(OH)–C–C–N with tert-alkyl or cyclic N) is 1. The summed E-state index contributed by atoms with van der Waals surface area (Å²) in [5.41, 5.74) is 5.70. The van der Waals surface area contributed by atoms with Crippen LogP contribution < -0.4 is 5.73 Å². The minimum absolute atomic E-state index is 0.141. The molecule has 0 bridgehead atoms. The first-order valence-electron chi connectivity index (χ1n) is 6.03. The van der Waals surface area contributed by atoms with E-state index in [1.165, 1.54) is 6.07 Å². The van der Waals surface area contributed by atoms with Crippen LogP contribution in [0.2, 0.25) is 0 Å². The summed E-state index contributed by atoms with van der Waals surface area (Å²) in [4.78, 5) is 1.90. The molecule has 100 valence electrons. The molecule has 1 aliphatic rings. The lowest BCUT2D eigenvalue weighted by molar-refractivity contribution is 0.0226. The van der Waals surface area contributed by atoms with Crippen molar-refractivity contribution in [1.82, 2.24) is 4.90 Å². The van der Waals surface area contributed by atoms with Gasteiger partial charge < -0.3 is 10.8 Å². The lowest BCUT2D eigenvalue weighted by Gasteiger charge is -2.34. The van der Waals surface area contributed by atoms with E-state index >= 15 is 0 Å². The number of benzene rings is 1. The van der Waals surface area contributed by atoms with Crippen molar-refractivity contribution in [2.75, 3.05) is 19.6 Å². The third-order valence-corrected chi connectivity index (χ3v) is 3.38. The van der Waals surface area contributed by atoms with Crippen LogP contribution in [0.5, 0.6) is 0 Å². The predicted octanol–water partition coefficient (Wildman–Crippen LogP) is 1.03. The van der Waals surface area contributed by atoms with E-state index in [0.717, 1.165) is 5.56 Å². The molecule has 0 amide bonds. The van der Waals surface area contributed by atoms with Gasteiger partial charge in [-0.1, -0.05) is 6.07 Å². The van der Waals surface area contributed by atoms with Crippen LogP contribution >= 0.6 is 0 Å². The summed E-state index contributed by atoms with van der Waals surface area (Å²) in [6.45, 7) is 3.18. The maximum atomic E-state index is 13.7. The zero-order chi connectivity index (χ0) is 13.3. The molecule has 1 atom stereocenters. The van der Waals surface area contributed by atoms with Crippen LogP contribution in [0, 0.1) is 11.6 Å². The number of rotatable bonds is 3. The molecule has 3 N–H and O–H groups in total. The topological polar surface area (TPSA) is 49.5 Å². The van der Waals surface area contributed by atoms with Gasteiger partial charge >= 0.3 is 0 Å². The monoisotopic (exact) mass is 256 g/mol. The van der Waals surface area contributed by atoms with Gasteiger partial charge in [-0.3, -0.25) is 4.90 Å².